The third-order valence-electron chi connectivity index (χ3n) is 2.46. The van der Waals surface area contributed by atoms with E-state index in [4.69, 9.17) is 4.52 Å². The SMILES string of the molecule is Oc1ccccc1SCc1noc(-c2ccsc2)n1. The van der Waals surface area contributed by atoms with Gasteiger partial charge in [-0.25, -0.2) is 0 Å². The smallest absolute Gasteiger partial charge is 0.258 e. The Morgan fingerprint density at radius 2 is 2.16 bits per heavy atom. The molecule has 0 radical (unpaired) electrons. The van der Waals surface area contributed by atoms with Crippen LogP contribution < -0.4 is 0 Å². The summed E-state index contributed by atoms with van der Waals surface area (Å²) in [6.45, 7) is 0. The Morgan fingerprint density at radius 3 is 2.95 bits per heavy atom. The molecule has 0 saturated heterocycles. The summed E-state index contributed by atoms with van der Waals surface area (Å²) in [4.78, 5) is 5.13. The topological polar surface area (TPSA) is 59.2 Å². The van der Waals surface area contributed by atoms with Gasteiger partial charge < -0.3 is 9.63 Å². The fourth-order valence-electron chi connectivity index (χ4n) is 1.54. The van der Waals surface area contributed by atoms with E-state index in [1.807, 2.05) is 29.0 Å². The van der Waals surface area contributed by atoms with Crippen LogP contribution in [0.15, 0.2) is 50.5 Å². The first-order chi connectivity index (χ1) is 9.33. The maximum atomic E-state index is 9.66. The maximum Gasteiger partial charge on any atom is 0.258 e. The number of para-hydroxylation sites is 1. The molecule has 0 fully saturated rings. The number of thiophene rings is 1. The van der Waals surface area contributed by atoms with Gasteiger partial charge in [-0.3, -0.25) is 0 Å². The molecule has 1 N–H and O–H groups in total. The number of nitrogens with zero attached hydrogens (tertiary/aromatic N) is 2. The number of rotatable bonds is 4. The highest BCUT2D eigenvalue weighted by Crippen LogP contribution is 2.30. The van der Waals surface area contributed by atoms with Crippen molar-refractivity contribution in [2.45, 2.75) is 10.6 Å². The van der Waals surface area contributed by atoms with Gasteiger partial charge in [0, 0.05) is 10.3 Å². The molecule has 96 valence electrons. The standard InChI is InChI=1S/C13H10N2O2S2/c16-10-3-1-2-4-11(10)19-8-12-14-13(17-15-12)9-5-6-18-7-9/h1-7,16H,8H2. The van der Waals surface area contributed by atoms with E-state index in [0.29, 0.717) is 17.5 Å². The number of thioether (sulfide) groups is 1. The van der Waals surface area contributed by atoms with Crippen molar-refractivity contribution in [3.63, 3.8) is 0 Å². The number of phenols is 1. The van der Waals surface area contributed by atoms with Crippen LogP contribution in [0.25, 0.3) is 11.5 Å². The fraction of sp³-hybridized carbons (Fsp3) is 0.0769. The largest absolute Gasteiger partial charge is 0.507 e. The van der Waals surface area contributed by atoms with E-state index in [1.54, 1.807) is 23.5 Å². The molecule has 0 aliphatic heterocycles. The lowest BCUT2D eigenvalue weighted by molar-refractivity contribution is 0.425. The highest BCUT2D eigenvalue weighted by molar-refractivity contribution is 7.98. The van der Waals surface area contributed by atoms with Gasteiger partial charge in [0.1, 0.15) is 5.75 Å². The molecule has 3 rings (SSSR count). The molecule has 0 saturated carbocycles. The molecule has 0 unspecified atom stereocenters. The molecular formula is C13H10N2O2S2. The van der Waals surface area contributed by atoms with Crippen molar-refractivity contribution >= 4 is 23.1 Å². The van der Waals surface area contributed by atoms with Gasteiger partial charge in [-0.1, -0.05) is 17.3 Å². The van der Waals surface area contributed by atoms with Crippen LogP contribution in [0.5, 0.6) is 5.75 Å². The Kier molecular flexibility index (Phi) is 3.52. The summed E-state index contributed by atoms with van der Waals surface area (Å²) in [6, 6.07) is 9.14. The zero-order chi connectivity index (χ0) is 13.1. The number of hydrogen-bond acceptors (Lipinski definition) is 6. The second kappa shape index (κ2) is 5.46. The monoisotopic (exact) mass is 290 g/mol. The summed E-state index contributed by atoms with van der Waals surface area (Å²) in [5.41, 5.74) is 0.941. The van der Waals surface area contributed by atoms with E-state index in [-0.39, 0.29) is 5.75 Å². The van der Waals surface area contributed by atoms with Crippen molar-refractivity contribution in [2.75, 3.05) is 0 Å². The number of hydrogen-bond donors (Lipinski definition) is 1. The highest BCUT2D eigenvalue weighted by atomic mass is 32.2. The third kappa shape index (κ3) is 2.80. The minimum absolute atomic E-state index is 0.272. The number of phenolic OH excluding ortho intramolecular Hbond substituents is 1. The maximum absolute atomic E-state index is 9.66. The lowest BCUT2D eigenvalue weighted by atomic mass is 10.3. The fourth-order valence-corrected chi connectivity index (χ4v) is 2.96. The molecule has 3 aromatic rings. The van der Waals surface area contributed by atoms with Crippen molar-refractivity contribution < 1.29 is 9.63 Å². The number of aromatic hydroxyl groups is 1. The lowest BCUT2D eigenvalue weighted by Gasteiger charge is -2.00. The van der Waals surface area contributed by atoms with E-state index in [1.165, 1.54) is 11.8 Å². The van der Waals surface area contributed by atoms with Gasteiger partial charge in [0.25, 0.3) is 5.89 Å². The summed E-state index contributed by atoms with van der Waals surface area (Å²) in [6.07, 6.45) is 0. The molecular weight excluding hydrogens is 280 g/mol. The van der Waals surface area contributed by atoms with E-state index < -0.39 is 0 Å². The molecule has 0 amide bonds. The van der Waals surface area contributed by atoms with E-state index in [2.05, 4.69) is 10.1 Å². The van der Waals surface area contributed by atoms with Gasteiger partial charge in [0.15, 0.2) is 5.82 Å². The van der Waals surface area contributed by atoms with Gasteiger partial charge in [0.05, 0.1) is 11.3 Å². The summed E-state index contributed by atoms with van der Waals surface area (Å²) in [7, 11) is 0. The van der Waals surface area contributed by atoms with Crippen molar-refractivity contribution in [1.29, 1.82) is 0 Å². The molecule has 0 aliphatic carbocycles. The summed E-state index contributed by atoms with van der Waals surface area (Å²) in [5, 5.41) is 17.5. The zero-order valence-corrected chi connectivity index (χ0v) is 11.4. The molecule has 6 heteroatoms. The van der Waals surface area contributed by atoms with E-state index >= 15 is 0 Å². The van der Waals surface area contributed by atoms with Crippen LogP contribution in [0.4, 0.5) is 0 Å². The van der Waals surface area contributed by atoms with Crippen molar-refractivity contribution in [3.05, 3.63) is 46.9 Å². The molecule has 19 heavy (non-hydrogen) atoms. The summed E-state index contributed by atoms with van der Waals surface area (Å²) >= 11 is 3.07. The average Bonchev–Trinajstić information content (AvgIpc) is 3.09. The van der Waals surface area contributed by atoms with Gasteiger partial charge >= 0.3 is 0 Å². The zero-order valence-electron chi connectivity index (χ0n) is 9.81. The van der Waals surface area contributed by atoms with Crippen molar-refractivity contribution in [3.8, 4) is 17.2 Å². The molecule has 0 bridgehead atoms. The van der Waals surface area contributed by atoms with Gasteiger partial charge in [0.2, 0.25) is 0 Å². The second-order valence-corrected chi connectivity index (χ2v) is 5.58. The number of aromatic nitrogens is 2. The van der Waals surface area contributed by atoms with Crippen LogP contribution in [0, 0.1) is 0 Å². The van der Waals surface area contributed by atoms with Crippen LogP contribution >= 0.6 is 23.1 Å². The predicted molar refractivity (Wildman–Crippen MR) is 75.3 cm³/mol. The van der Waals surface area contributed by atoms with Crippen LogP contribution in [0.2, 0.25) is 0 Å². The predicted octanol–water partition coefficient (Wildman–Crippen LogP) is 3.80. The minimum atomic E-state index is 0.272. The molecule has 1 aromatic carbocycles. The molecule has 0 atom stereocenters. The quantitative estimate of drug-likeness (QED) is 0.741. The Balaban J connectivity index is 1.70. The number of benzene rings is 1. The first kappa shape index (κ1) is 12.3. The first-order valence-corrected chi connectivity index (χ1v) is 7.52. The Labute approximate surface area is 118 Å². The van der Waals surface area contributed by atoms with Crippen LogP contribution in [-0.2, 0) is 5.75 Å². The Hall–Kier alpha value is -1.79. The van der Waals surface area contributed by atoms with Crippen molar-refractivity contribution in [1.82, 2.24) is 10.1 Å². The summed E-state index contributed by atoms with van der Waals surface area (Å²) < 4.78 is 5.20. The van der Waals surface area contributed by atoms with Gasteiger partial charge in [-0.2, -0.15) is 16.3 Å². The lowest BCUT2D eigenvalue weighted by Crippen LogP contribution is -1.84. The molecule has 0 spiro atoms. The molecule has 2 aromatic heterocycles. The van der Waals surface area contributed by atoms with Gasteiger partial charge in [-0.15, -0.1) is 11.8 Å². The Morgan fingerprint density at radius 1 is 1.26 bits per heavy atom. The van der Waals surface area contributed by atoms with E-state index in [0.717, 1.165) is 10.5 Å². The normalized spacial score (nSPS) is 10.7. The molecule has 2 heterocycles. The molecule has 0 aliphatic rings. The van der Waals surface area contributed by atoms with Crippen LogP contribution in [0.1, 0.15) is 5.82 Å². The Bertz CT molecular complexity index is 665. The van der Waals surface area contributed by atoms with Gasteiger partial charge in [-0.05, 0) is 23.6 Å². The first-order valence-electron chi connectivity index (χ1n) is 5.59. The molecule has 4 nitrogen and oxygen atoms in total. The third-order valence-corrected chi connectivity index (χ3v) is 4.20. The van der Waals surface area contributed by atoms with Crippen LogP contribution in [-0.4, -0.2) is 15.2 Å². The second-order valence-electron chi connectivity index (χ2n) is 3.78. The summed E-state index contributed by atoms with van der Waals surface area (Å²) in [5.74, 6) is 1.99. The van der Waals surface area contributed by atoms with Crippen molar-refractivity contribution in [2.24, 2.45) is 0 Å². The average molecular weight is 290 g/mol. The highest BCUT2D eigenvalue weighted by Gasteiger charge is 2.10. The minimum Gasteiger partial charge on any atom is -0.507 e. The van der Waals surface area contributed by atoms with E-state index in [9.17, 15) is 5.11 Å². The van der Waals surface area contributed by atoms with Crippen LogP contribution in [0.3, 0.4) is 0 Å².